The molecule has 8 heteroatoms. The van der Waals surface area contributed by atoms with E-state index in [2.05, 4.69) is 4.98 Å². The molecule has 0 amide bonds. The van der Waals surface area contributed by atoms with E-state index in [1.807, 2.05) is 6.92 Å². The Morgan fingerprint density at radius 2 is 2.21 bits per heavy atom. The molecule has 1 aromatic rings. The van der Waals surface area contributed by atoms with Crippen molar-refractivity contribution in [3.05, 3.63) is 24.3 Å². The number of pyridine rings is 1. The summed E-state index contributed by atoms with van der Waals surface area (Å²) in [6.45, 7) is 2.67. The molecule has 2 N–H and O–H groups in total. The molecular weight excluding hydrogens is 293 g/mol. The molecule has 5 nitrogen and oxygen atoms in total. The zero-order chi connectivity index (χ0) is 13.3. The van der Waals surface area contributed by atoms with E-state index in [1.165, 1.54) is 4.31 Å². The molecule has 2 rings (SSSR count). The predicted octanol–water partition coefficient (Wildman–Crippen LogP) is 1.00. The Kier molecular flexibility index (Phi) is 5.26. The molecule has 0 bridgehead atoms. The Labute approximate surface area is 118 Å². The van der Waals surface area contributed by atoms with E-state index in [9.17, 15) is 12.8 Å². The molecule has 1 fully saturated rings. The summed E-state index contributed by atoms with van der Waals surface area (Å²) in [7, 11) is -3.65. The van der Waals surface area contributed by atoms with E-state index in [0.29, 0.717) is 13.1 Å². The highest BCUT2D eigenvalue weighted by atomic mass is 35.5. The second-order valence-electron chi connectivity index (χ2n) is 4.61. The summed E-state index contributed by atoms with van der Waals surface area (Å²) in [5, 5.41) is 0. The number of aromatic nitrogens is 1. The number of rotatable bonds is 3. The highest BCUT2D eigenvalue weighted by molar-refractivity contribution is 7.89. The fourth-order valence-electron chi connectivity index (χ4n) is 2.08. The van der Waals surface area contributed by atoms with Gasteiger partial charge >= 0.3 is 0 Å². The smallest absolute Gasteiger partial charge is 0.244 e. The normalized spacial score (nSPS) is 21.9. The van der Waals surface area contributed by atoms with Crippen molar-refractivity contribution in [2.45, 2.75) is 24.3 Å². The summed E-state index contributed by atoms with van der Waals surface area (Å²) < 4.78 is 38.8. The molecule has 1 aliphatic rings. The van der Waals surface area contributed by atoms with Crippen LogP contribution in [0.2, 0.25) is 0 Å². The molecule has 2 atom stereocenters. The first kappa shape index (κ1) is 16.3. The summed E-state index contributed by atoms with van der Waals surface area (Å²) in [5.41, 5.74) is 5.77. The van der Waals surface area contributed by atoms with Gasteiger partial charge in [-0.05, 0) is 25.3 Å². The summed E-state index contributed by atoms with van der Waals surface area (Å²) in [4.78, 5) is 3.47. The third-order valence-electron chi connectivity index (χ3n) is 3.25. The first-order chi connectivity index (χ1) is 8.41. The van der Waals surface area contributed by atoms with Crippen molar-refractivity contribution in [2.75, 3.05) is 13.1 Å². The van der Waals surface area contributed by atoms with Gasteiger partial charge in [-0.1, -0.05) is 0 Å². The van der Waals surface area contributed by atoms with E-state index in [0.717, 1.165) is 24.9 Å². The third-order valence-corrected chi connectivity index (χ3v) is 5.08. The van der Waals surface area contributed by atoms with Crippen LogP contribution < -0.4 is 5.73 Å². The number of hydrogen-bond donors (Lipinski definition) is 1. The maximum atomic E-state index is 13.0. The van der Waals surface area contributed by atoms with Crippen molar-refractivity contribution in [1.82, 2.24) is 9.29 Å². The number of sulfonamides is 1. The summed E-state index contributed by atoms with van der Waals surface area (Å²) in [5.74, 6) is -0.500. The van der Waals surface area contributed by atoms with Crippen molar-refractivity contribution in [3.63, 3.8) is 0 Å². The minimum absolute atomic E-state index is 0. The van der Waals surface area contributed by atoms with Crippen LogP contribution in [0.3, 0.4) is 0 Å². The van der Waals surface area contributed by atoms with E-state index >= 15 is 0 Å². The Morgan fingerprint density at radius 3 is 2.74 bits per heavy atom. The van der Waals surface area contributed by atoms with Crippen LogP contribution in [-0.2, 0) is 10.0 Å². The maximum absolute atomic E-state index is 13.0. The fraction of sp³-hybridized carbons (Fsp3) is 0.545. The molecule has 0 aliphatic carbocycles. The first-order valence-electron chi connectivity index (χ1n) is 5.77. The molecule has 1 aliphatic heterocycles. The lowest BCUT2D eigenvalue weighted by Gasteiger charge is -2.17. The van der Waals surface area contributed by atoms with Crippen molar-refractivity contribution >= 4 is 22.4 Å². The standard InChI is InChI=1S/C11H16FN3O2S.ClH/c1-8(13)9-2-3-15(7-9)18(16,17)11-4-10(12)5-14-6-11;/h4-6,8-9H,2-3,7,13H2,1H3;1H. The molecule has 0 radical (unpaired) electrons. The van der Waals surface area contributed by atoms with Crippen LogP contribution in [0.15, 0.2) is 23.4 Å². The zero-order valence-corrected chi connectivity index (χ0v) is 12.1. The Balaban J connectivity index is 0.00000180. The number of nitrogens with two attached hydrogens (primary N) is 1. The SMILES string of the molecule is CC(N)C1CCN(S(=O)(=O)c2cncc(F)c2)C1.Cl. The molecule has 0 spiro atoms. The van der Waals surface area contributed by atoms with Crippen LogP contribution in [0.5, 0.6) is 0 Å². The Morgan fingerprint density at radius 1 is 1.53 bits per heavy atom. The average molecular weight is 310 g/mol. The van der Waals surface area contributed by atoms with E-state index in [-0.39, 0.29) is 29.3 Å². The lowest BCUT2D eigenvalue weighted by molar-refractivity contribution is 0.428. The second kappa shape index (κ2) is 6.13. The Bertz CT molecular complexity index is 538. The van der Waals surface area contributed by atoms with Crippen molar-refractivity contribution in [3.8, 4) is 0 Å². The van der Waals surface area contributed by atoms with Gasteiger partial charge in [0, 0.05) is 25.3 Å². The summed E-state index contributed by atoms with van der Waals surface area (Å²) in [6, 6.07) is 0.942. The van der Waals surface area contributed by atoms with Crippen LogP contribution in [0, 0.1) is 11.7 Å². The number of hydrogen-bond acceptors (Lipinski definition) is 4. The van der Waals surface area contributed by atoms with Crippen LogP contribution in [-0.4, -0.2) is 36.8 Å². The van der Waals surface area contributed by atoms with Gasteiger partial charge in [-0.3, -0.25) is 4.98 Å². The molecular formula is C11H17ClFN3O2S. The molecule has 1 saturated heterocycles. The van der Waals surface area contributed by atoms with Gasteiger partial charge in [0.2, 0.25) is 10.0 Å². The highest BCUT2D eigenvalue weighted by Crippen LogP contribution is 2.25. The minimum atomic E-state index is -3.65. The Hall–Kier alpha value is -0.760. The molecule has 0 saturated carbocycles. The van der Waals surface area contributed by atoms with Gasteiger partial charge in [0.05, 0.1) is 6.20 Å². The van der Waals surface area contributed by atoms with Gasteiger partial charge in [-0.25, -0.2) is 12.8 Å². The average Bonchev–Trinajstić information content (AvgIpc) is 2.79. The van der Waals surface area contributed by atoms with Crippen molar-refractivity contribution in [2.24, 2.45) is 11.7 Å². The minimum Gasteiger partial charge on any atom is -0.328 e. The van der Waals surface area contributed by atoms with Crippen LogP contribution in [0.4, 0.5) is 4.39 Å². The maximum Gasteiger partial charge on any atom is 0.244 e. The molecule has 2 heterocycles. The van der Waals surface area contributed by atoms with Crippen LogP contribution in [0.25, 0.3) is 0 Å². The summed E-state index contributed by atoms with van der Waals surface area (Å²) >= 11 is 0. The van der Waals surface area contributed by atoms with Gasteiger partial charge in [0.25, 0.3) is 0 Å². The molecule has 0 aromatic carbocycles. The lowest BCUT2D eigenvalue weighted by Crippen LogP contribution is -2.33. The highest BCUT2D eigenvalue weighted by Gasteiger charge is 2.34. The molecule has 108 valence electrons. The van der Waals surface area contributed by atoms with Crippen LogP contribution in [0.1, 0.15) is 13.3 Å². The van der Waals surface area contributed by atoms with Crippen LogP contribution >= 0.6 is 12.4 Å². The van der Waals surface area contributed by atoms with Crippen molar-refractivity contribution in [1.29, 1.82) is 0 Å². The van der Waals surface area contributed by atoms with Crippen molar-refractivity contribution < 1.29 is 12.8 Å². The van der Waals surface area contributed by atoms with Gasteiger partial charge in [-0.15, -0.1) is 12.4 Å². The number of nitrogens with zero attached hydrogens (tertiary/aromatic N) is 2. The van der Waals surface area contributed by atoms with E-state index < -0.39 is 15.8 Å². The van der Waals surface area contributed by atoms with Gasteiger partial charge < -0.3 is 5.73 Å². The summed E-state index contributed by atoms with van der Waals surface area (Å²) in [6.07, 6.45) is 2.88. The lowest BCUT2D eigenvalue weighted by atomic mass is 10.0. The van der Waals surface area contributed by atoms with E-state index in [1.54, 1.807) is 0 Å². The number of halogens is 2. The third kappa shape index (κ3) is 3.42. The van der Waals surface area contributed by atoms with E-state index in [4.69, 9.17) is 5.73 Å². The largest absolute Gasteiger partial charge is 0.328 e. The quantitative estimate of drug-likeness (QED) is 0.904. The first-order valence-corrected chi connectivity index (χ1v) is 7.21. The molecule has 2 unspecified atom stereocenters. The second-order valence-corrected chi connectivity index (χ2v) is 6.55. The monoisotopic (exact) mass is 309 g/mol. The zero-order valence-electron chi connectivity index (χ0n) is 10.5. The predicted molar refractivity (Wildman–Crippen MR) is 72.0 cm³/mol. The van der Waals surface area contributed by atoms with Gasteiger partial charge in [-0.2, -0.15) is 4.31 Å². The molecule has 1 aromatic heterocycles. The van der Waals surface area contributed by atoms with Gasteiger partial charge in [0.15, 0.2) is 0 Å². The molecule has 19 heavy (non-hydrogen) atoms. The van der Waals surface area contributed by atoms with Gasteiger partial charge in [0.1, 0.15) is 10.7 Å². The fourth-order valence-corrected chi connectivity index (χ4v) is 3.57. The topological polar surface area (TPSA) is 76.3 Å².